The molecule has 0 fully saturated rings. The zero-order valence-corrected chi connectivity index (χ0v) is 14.6. The lowest BCUT2D eigenvalue weighted by Crippen LogP contribution is -2.02. The van der Waals surface area contributed by atoms with Crippen molar-refractivity contribution in [3.63, 3.8) is 0 Å². The summed E-state index contributed by atoms with van der Waals surface area (Å²) in [5.41, 5.74) is 4.26. The number of ether oxygens (including phenoxy) is 1. The van der Waals surface area contributed by atoms with Gasteiger partial charge in [0.2, 0.25) is 0 Å². The predicted molar refractivity (Wildman–Crippen MR) is 99.0 cm³/mol. The zero-order chi connectivity index (χ0) is 18.5. The molecule has 0 amide bonds. The van der Waals surface area contributed by atoms with Crippen molar-refractivity contribution in [3.05, 3.63) is 89.3 Å². The summed E-state index contributed by atoms with van der Waals surface area (Å²) < 4.78 is 20.1. The summed E-state index contributed by atoms with van der Waals surface area (Å²) in [5, 5.41) is 0. The Labute approximate surface area is 151 Å². The highest BCUT2D eigenvalue weighted by atomic mass is 19.1. The van der Waals surface area contributed by atoms with Gasteiger partial charge in [-0.2, -0.15) is 0 Å². The molecule has 0 saturated carbocycles. The number of rotatable bonds is 5. The second-order valence-electron chi connectivity index (χ2n) is 5.96. The number of esters is 1. The Hall–Kier alpha value is -3.21. The van der Waals surface area contributed by atoms with Crippen molar-refractivity contribution in [2.24, 2.45) is 0 Å². The van der Waals surface area contributed by atoms with Gasteiger partial charge in [-0.05, 0) is 54.0 Å². The van der Waals surface area contributed by atoms with Crippen molar-refractivity contribution in [2.45, 2.75) is 13.5 Å². The Kier molecular flexibility index (Phi) is 5.27. The molecule has 26 heavy (non-hydrogen) atoms. The van der Waals surface area contributed by atoms with Gasteiger partial charge in [-0.25, -0.2) is 14.2 Å². The Morgan fingerprint density at radius 2 is 1.96 bits per heavy atom. The number of carbonyl (C=O) groups excluding carboxylic acids is 1. The zero-order valence-electron chi connectivity index (χ0n) is 14.6. The van der Waals surface area contributed by atoms with E-state index in [0.717, 1.165) is 22.4 Å². The van der Waals surface area contributed by atoms with Crippen molar-refractivity contribution in [3.8, 4) is 0 Å². The molecular weight excluding hydrogens is 331 g/mol. The molecule has 0 unspecified atom stereocenters. The summed E-state index contributed by atoms with van der Waals surface area (Å²) in [5.74, 6) is -0.659. The van der Waals surface area contributed by atoms with E-state index in [2.05, 4.69) is 4.98 Å². The standard InChI is InChI=1S/C21H19FN2O2/c1-15-12-23-14-24(15)13-19(17-6-8-20(22)9-7-17)11-16-4-3-5-18(10-16)21(25)26-2/h3-12,14H,13H2,1-2H3. The van der Waals surface area contributed by atoms with Gasteiger partial charge in [-0.3, -0.25) is 0 Å². The van der Waals surface area contributed by atoms with Crippen molar-refractivity contribution < 1.29 is 13.9 Å². The van der Waals surface area contributed by atoms with Gasteiger partial charge in [0.05, 0.1) is 19.0 Å². The third-order valence-corrected chi connectivity index (χ3v) is 4.12. The van der Waals surface area contributed by atoms with Gasteiger partial charge >= 0.3 is 5.97 Å². The molecule has 0 saturated heterocycles. The van der Waals surface area contributed by atoms with Gasteiger partial charge in [0.15, 0.2) is 0 Å². The van der Waals surface area contributed by atoms with Crippen LogP contribution >= 0.6 is 0 Å². The van der Waals surface area contributed by atoms with Crippen LogP contribution in [0.4, 0.5) is 4.39 Å². The first kappa shape index (κ1) is 17.6. The van der Waals surface area contributed by atoms with Gasteiger partial charge in [-0.15, -0.1) is 0 Å². The average molecular weight is 350 g/mol. The number of benzene rings is 2. The van der Waals surface area contributed by atoms with Crippen LogP contribution < -0.4 is 0 Å². The minimum Gasteiger partial charge on any atom is -0.465 e. The maximum Gasteiger partial charge on any atom is 0.337 e. The molecule has 5 heteroatoms. The Morgan fingerprint density at radius 3 is 2.62 bits per heavy atom. The molecule has 0 aliphatic carbocycles. The molecule has 3 aromatic rings. The molecule has 0 N–H and O–H groups in total. The fourth-order valence-electron chi connectivity index (χ4n) is 2.69. The van der Waals surface area contributed by atoms with Gasteiger partial charge in [0, 0.05) is 18.4 Å². The molecule has 1 aromatic heterocycles. The number of nitrogens with zero attached hydrogens (tertiary/aromatic N) is 2. The monoisotopic (exact) mass is 350 g/mol. The van der Waals surface area contributed by atoms with E-state index in [9.17, 15) is 9.18 Å². The second kappa shape index (κ2) is 7.78. The summed E-state index contributed by atoms with van der Waals surface area (Å²) in [6, 6.07) is 13.6. The van der Waals surface area contributed by atoms with E-state index in [-0.39, 0.29) is 11.8 Å². The maximum absolute atomic E-state index is 13.3. The first-order valence-electron chi connectivity index (χ1n) is 8.18. The second-order valence-corrected chi connectivity index (χ2v) is 5.96. The minimum atomic E-state index is -0.381. The molecular formula is C21H19FN2O2. The lowest BCUT2D eigenvalue weighted by molar-refractivity contribution is 0.0600. The highest BCUT2D eigenvalue weighted by Gasteiger charge is 2.08. The number of hydrogen-bond donors (Lipinski definition) is 0. The number of methoxy groups -OCH3 is 1. The highest BCUT2D eigenvalue weighted by Crippen LogP contribution is 2.22. The smallest absolute Gasteiger partial charge is 0.337 e. The molecule has 3 rings (SSSR count). The van der Waals surface area contributed by atoms with Crippen molar-refractivity contribution in [1.29, 1.82) is 0 Å². The third kappa shape index (κ3) is 4.06. The molecule has 2 aromatic carbocycles. The van der Waals surface area contributed by atoms with E-state index in [0.29, 0.717) is 12.1 Å². The van der Waals surface area contributed by atoms with E-state index < -0.39 is 0 Å². The van der Waals surface area contributed by atoms with Crippen molar-refractivity contribution in [1.82, 2.24) is 9.55 Å². The number of halogens is 1. The lowest BCUT2D eigenvalue weighted by Gasteiger charge is -2.11. The Morgan fingerprint density at radius 1 is 1.19 bits per heavy atom. The SMILES string of the molecule is COC(=O)c1cccc(C=C(Cn2cncc2C)c2ccc(F)cc2)c1. The normalized spacial score (nSPS) is 11.4. The predicted octanol–water partition coefficient (Wildman–Crippen LogP) is 4.36. The van der Waals surface area contributed by atoms with Gasteiger partial charge in [-0.1, -0.05) is 24.3 Å². The number of aromatic nitrogens is 2. The van der Waals surface area contributed by atoms with Gasteiger partial charge in [0.1, 0.15) is 5.82 Å². The Bertz CT molecular complexity index is 943. The fourth-order valence-corrected chi connectivity index (χ4v) is 2.69. The van der Waals surface area contributed by atoms with E-state index in [1.807, 2.05) is 29.7 Å². The molecule has 132 valence electrons. The number of allylic oxidation sites excluding steroid dienone is 1. The molecule has 4 nitrogen and oxygen atoms in total. The molecule has 0 atom stereocenters. The fraction of sp³-hybridized carbons (Fsp3) is 0.143. The quantitative estimate of drug-likeness (QED) is 0.507. The maximum atomic E-state index is 13.3. The van der Waals surface area contributed by atoms with Gasteiger partial charge in [0.25, 0.3) is 0 Å². The summed E-state index contributed by atoms with van der Waals surface area (Å²) in [4.78, 5) is 15.9. The first-order valence-corrected chi connectivity index (χ1v) is 8.18. The Balaban J connectivity index is 2.02. The van der Waals surface area contributed by atoms with Crippen LogP contribution in [0.1, 0.15) is 27.2 Å². The van der Waals surface area contributed by atoms with E-state index in [1.54, 1.807) is 36.8 Å². The van der Waals surface area contributed by atoms with Crippen molar-refractivity contribution in [2.75, 3.05) is 7.11 Å². The van der Waals surface area contributed by atoms with E-state index in [1.165, 1.54) is 19.2 Å². The van der Waals surface area contributed by atoms with Crippen LogP contribution in [0.3, 0.4) is 0 Å². The van der Waals surface area contributed by atoms with Crippen LogP contribution in [-0.2, 0) is 11.3 Å². The van der Waals surface area contributed by atoms with Gasteiger partial charge < -0.3 is 9.30 Å². The largest absolute Gasteiger partial charge is 0.465 e. The molecule has 0 aliphatic heterocycles. The summed E-state index contributed by atoms with van der Waals surface area (Å²) in [6.07, 6.45) is 5.54. The van der Waals surface area contributed by atoms with Crippen LogP contribution in [0.5, 0.6) is 0 Å². The molecule has 0 aliphatic rings. The first-order chi connectivity index (χ1) is 12.6. The summed E-state index contributed by atoms with van der Waals surface area (Å²) >= 11 is 0. The van der Waals surface area contributed by atoms with Crippen LogP contribution in [0.15, 0.2) is 61.1 Å². The highest BCUT2D eigenvalue weighted by molar-refractivity contribution is 5.91. The van der Waals surface area contributed by atoms with Crippen molar-refractivity contribution >= 4 is 17.6 Å². The molecule has 1 heterocycles. The number of aryl methyl sites for hydroxylation is 1. The lowest BCUT2D eigenvalue weighted by atomic mass is 10.0. The number of hydrogen-bond acceptors (Lipinski definition) is 3. The number of carbonyl (C=O) groups is 1. The summed E-state index contributed by atoms with van der Waals surface area (Å²) in [7, 11) is 1.36. The minimum absolute atomic E-state index is 0.278. The molecule has 0 spiro atoms. The summed E-state index contributed by atoms with van der Waals surface area (Å²) in [6.45, 7) is 2.56. The third-order valence-electron chi connectivity index (χ3n) is 4.12. The van der Waals surface area contributed by atoms with E-state index >= 15 is 0 Å². The number of imidazole rings is 1. The molecule has 0 bridgehead atoms. The van der Waals surface area contributed by atoms with Crippen LogP contribution in [0.25, 0.3) is 11.6 Å². The average Bonchev–Trinajstić information content (AvgIpc) is 3.06. The van der Waals surface area contributed by atoms with Crippen LogP contribution in [-0.4, -0.2) is 22.6 Å². The van der Waals surface area contributed by atoms with Crippen LogP contribution in [0.2, 0.25) is 0 Å². The van der Waals surface area contributed by atoms with Crippen LogP contribution in [0, 0.1) is 12.7 Å². The topological polar surface area (TPSA) is 44.1 Å². The molecule has 0 radical (unpaired) electrons. The van der Waals surface area contributed by atoms with E-state index in [4.69, 9.17) is 4.74 Å².